The summed E-state index contributed by atoms with van der Waals surface area (Å²) < 4.78 is 5.72. The van der Waals surface area contributed by atoms with Crippen molar-refractivity contribution in [3.8, 4) is 11.5 Å². The first-order valence-electron chi connectivity index (χ1n) is 4.67. The van der Waals surface area contributed by atoms with Gasteiger partial charge in [-0.25, -0.2) is 0 Å². The third-order valence-corrected chi connectivity index (χ3v) is 2.69. The largest absolute Gasteiger partial charge is 0.333 e. The molecule has 0 N–H and O–H groups in total. The molecule has 16 heavy (non-hydrogen) atoms. The average Bonchev–Trinajstić information content (AvgIpc) is 2.75. The molecule has 0 amide bonds. The van der Waals surface area contributed by atoms with Gasteiger partial charge in [-0.05, 0) is 24.3 Å². The monoisotopic (exact) mass is 323 g/mol. The van der Waals surface area contributed by atoms with E-state index in [1.165, 1.54) is 0 Å². The lowest BCUT2D eigenvalue weighted by Gasteiger charge is -1.97. The van der Waals surface area contributed by atoms with Gasteiger partial charge >= 0.3 is 0 Å². The quantitative estimate of drug-likeness (QED) is 0.646. The van der Waals surface area contributed by atoms with Crippen molar-refractivity contribution in [1.82, 2.24) is 15.1 Å². The van der Waals surface area contributed by atoms with Crippen molar-refractivity contribution in [2.75, 3.05) is 0 Å². The Morgan fingerprint density at radius 1 is 1.19 bits per heavy atom. The number of pyridine rings is 1. The van der Waals surface area contributed by atoms with E-state index in [0.29, 0.717) is 9.72 Å². The Balaban J connectivity index is 2.18. The molecule has 5 heteroatoms. The number of hydrogen-bond donors (Lipinski definition) is 0. The molecule has 1 aromatic carbocycles. The maximum absolute atomic E-state index is 5.11. The van der Waals surface area contributed by atoms with E-state index in [2.05, 4.69) is 15.1 Å². The van der Waals surface area contributed by atoms with Crippen LogP contribution in [-0.4, -0.2) is 15.1 Å². The zero-order valence-electron chi connectivity index (χ0n) is 8.09. The van der Waals surface area contributed by atoms with E-state index in [1.807, 2.05) is 52.9 Å². The van der Waals surface area contributed by atoms with Crippen molar-refractivity contribution in [3.63, 3.8) is 0 Å². The van der Waals surface area contributed by atoms with Gasteiger partial charge in [0, 0.05) is 39.7 Å². The molecular formula is C11H6IN3O. The van der Waals surface area contributed by atoms with E-state index >= 15 is 0 Å². The Morgan fingerprint density at radius 2 is 2.12 bits per heavy atom. The van der Waals surface area contributed by atoms with Crippen LogP contribution in [0.4, 0.5) is 0 Å². The van der Waals surface area contributed by atoms with E-state index in [-0.39, 0.29) is 0 Å². The summed E-state index contributed by atoms with van der Waals surface area (Å²) in [6.45, 7) is 0. The number of rotatable bonds is 1. The Hall–Kier alpha value is -1.50. The molecule has 4 nitrogen and oxygen atoms in total. The third-order valence-electron chi connectivity index (χ3n) is 2.25. The Morgan fingerprint density at radius 3 is 2.94 bits per heavy atom. The molecule has 78 valence electrons. The fraction of sp³-hybridized carbons (Fsp3) is 0. The first-order valence-corrected chi connectivity index (χ1v) is 5.75. The summed E-state index contributed by atoms with van der Waals surface area (Å²) in [6, 6.07) is 9.78. The minimum absolute atomic E-state index is 0.537. The van der Waals surface area contributed by atoms with Crippen molar-refractivity contribution in [1.29, 1.82) is 0 Å². The lowest BCUT2D eigenvalue weighted by molar-refractivity contribution is 0.426. The first kappa shape index (κ1) is 9.71. The summed E-state index contributed by atoms with van der Waals surface area (Å²) in [5, 5.41) is 4.82. The van der Waals surface area contributed by atoms with E-state index < -0.39 is 0 Å². The molecule has 0 aliphatic carbocycles. The number of hydrogen-bond acceptors (Lipinski definition) is 4. The average molecular weight is 323 g/mol. The summed E-state index contributed by atoms with van der Waals surface area (Å²) >= 11 is 2.02. The van der Waals surface area contributed by atoms with Crippen molar-refractivity contribution >= 4 is 33.5 Å². The van der Waals surface area contributed by atoms with Crippen molar-refractivity contribution in [3.05, 3.63) is 40.4 Å². The maximum atomic E-state index is 5.11. The van der Waals surface area contributed by atoms with Crippen LogP contribution < -0.4 is 0 Å². The van der Waals surface area contributed by atoms with E-state index in [1.54, 1.807) is 6.20 Å². The second-order valence-corrected chi connectivity index (χ2v) is 4.24. The minimum atomic E-state index is 0.537. The molecule has 0 aliphatic heterocycles. The molecule has 0 atom stereocenters. The Labute approximate surface area is 105 Å². The smallest absolute Gasteiger partial charge is 0.258 e. The van der Waals surface area contributed by atoms with Crippen LogP contribution in [0.2, 0.25) is 0 Å². The number of fused-ring (bicyclic) bond motifs is 1. The summed E-state index contributed by atoms with van der Waals surface area (Å²) in [5.74, 6) is 0.537. The van der Waals surface area contributed by atoms with E-state index in [4.69, 9.17) is 4.52 Å². The van der Waals surface area contributed by atoms with Gasteiger partial charge < -0.3 is 4.52 Å². The molecular weight excluding hydrogens is 317 g/mol. The molecule has 0 aliphatic rings. The van der Waals surface area contributed by atoms with E-state index in [9.17, 15) is 0 Å². The molecule has 3 rings (SSSR count). The molecule has 3 aromatic rings. The van der Waals surface area contributed by atoms with Gasteiger partial charge in [0.2, 0.25) is 3.83 Å². The van der Waals surface area contributed by atoms with Crippen LogP contribution in [0.25, 0.3) is 22.4 Å². The highest BCUT2D eigenvalue weighted by molar-refractivity contribution is 14.1. The Bertz CT molecular complexity index is 650. The molecule has 0 fully saturated rings. The molecule has 0 bridgehead atoms. The van der Waals surface area contributed by atoms with E-state index in [0.717, 1.165) is 16.5 Å². The lowest BCUT2D eigenvalue weighted by Crippen LogP contribution is -1.81. The fourth-order valence-corrected chi connectivity index (χ4v) is 1.85. The zero-order chi connectivity index (χ0) is 11.0. The van der Waals surface area contributed by atoms with Gasteiger partial charge in [-0.3, -0.25) is 4.98 Å². The third kappa shape index (κ3) is 1.67. The lowest BCUT2D eigenvalue weighted by atomic mass is 10.1. The van der Waals surface area contributed by atoms with Crippen molar-refractivity contribution in [2.24, 2.45) is 0 Å². The first-order chi connectivity index (χ1) is 7.83. The molecule has 2 aromatic heterocycles. The van der Waals surface area contributed by atoms with Gasteiger partial charge in [-0.2, -0.15) is 4.98 Å². The normalized spacial score (nSPS) is 10.8. The molecule has 0 spiro atoms. The highest BCUT2D eigenvalue weighted by Crippen LogP contribution is 2.22. The number of aromatic nitrogens is 3. The second kappa shape index (κ2) is 3.82. The summed E-state index contributed by atoms with van der Waals surface area (Å²) in [6.07, 6.45) is 1.78. The van der Waals surface area contributed by atoms with Crippen molar-refractivity contribution in [2.45, 2.75) is 0 Å². The van der Waals surface area contributed by atoms with Crippen LogP contribution in [0.5, 0.6) is 0 Å². The SMILES string of the molecule is Ic1noc(-c2ccc3ncccc3c2)n1. The topological polar surface area (TPSA) is 51.8 Å². The zero-order valence-corrected chi connectivity index (χ0v) is 10.2. The van der Waals surface area contributed by atoms with Crippen LogP contribution in [0.3, 0.4) is 0 Å². The highest BCUT2D eigenvalue weighted by atomic mass is 127. The summed E-state index contributed by atoms with van der Waals surface area (Å²) in [5.41, 5.74) is 1.87. The second-order valence-electron chi connectivity index (χ2n) is 3.28. The Kier molecular flexibility index (Phi) is 2.32. The van der Waals surface area contributed by atoms with Gasteiger partial charge in [0.15, 0.2) is 0 Å². The van der Waals surface area contributed by atoms with Crippen LogP contribution in [0.1, 0.15) is 0 Å². The summed E-state index contributed by atoms with van der Waals surface area (Å²) in [4.78, 5) is 8.43. The standard InChI is InChI=1S/C11H6IN3O/c12-11-14-10(16-15-11)8-3-4-9-7(6-8)2-1-5-13-9/h1-6H. The fourth-order valence-electron chi connectivity index (χ4n) is 1.53. The molecule has 0 radical (unpaired) electrons. The predicted molar refractivity (Wildman–Crippen MR) is 67.8 cm³/mol. The van der Waals surface area contributed by atoms with Gasteiger partial charge in [0.05, 0.1) is 5.52 Å². The number of halogens is 1. The van der Waals surface area contributed by atoms with Crippen LogP contribution >= 0.6 is 22.6 Å². The summed E-state index contributed by atoms with van der Waals surface area (Å²) in [7, 11) is 0. The molecule has 0 unspecified atom stereocenters. The van der Waals surface area contributed by atoms with Crippen LogP contribution in [0.15, 0.2) is 41.1 Å². The van der Waals surface area contributed by atoms with Crippen LogP contribution in [0, 0.1) is 3.83 Å². The minimum Gasteiger partial charge on any atom is -0.333 e. The van der Waals surface area contributed by atoms with Gasteiger partial charge in [-0.15, -0.1) is 0 Å². The van der Waals surface area contributed by atoms with Crippen LogP contribution in [-0.2, 0) is 0 Å². The van der Waals surface area contributed by atoms with Gasteiger partial charge in [0.25, 0.3) is 5.89 Å². The van der Waals surface area contributed by atoms with Gasteiger partial charge in [-0.1, -0.05) is 11.2 Å². The number of nitrogens with zero attached hydrogens (tertiary/aromatic N) is 3. The molecule has 0 saturated heterocycles. The maximum Gasteiger partial charge on any atom is 0.258 e. The van der Waals surface area contributed by atoms with Crippen molar-refractivity contribution < 1.29 is 4.52 Å². The molecule has 2 heterocycles. The predicted octanol–water partition coefficient (Wildman–Crippen LogP) is 2.89. The number of benzene rings is 1. The molecule has 0 saturated carbocycles. The highest BCUT2D eigenvalue weighted by Gasteiger charge is 2.07. The van der Waals surface area contributed by atoms with Gasteiger partial charge in [0.1, 0.15) is 0 Å².